The SMILES string of the molecule is COCCNC(=O)CSc1cc(F)ccc1F. The molecule has 17 heavy (non-hydrogen) atoms. The van der Waals surface area contributed by atoms with Crippen LogP contribution in [0.3, 0.4) is 0 Å². The van der Waals surface area contributed by atoms with Crippen LogP contribution in [-0.4, -0.2) is 31.9 Å². The molecule has 0 unspecified atom stereocenters. The van der Waals surface area contributed by atoms with Crippen molar-refractivity contribution in [3.63, 3.8) is 0 Å². The molecule has 1 N–H and O–H groups in total. The summed E-state index contributed by atoms with van der Waals surface area (Å²) in [5.41, 5.74) is 0. The highest BCUT2D eigenvalue weighted by Gasteiger charge is 2.07. The van der Waals surface area contributed by atoms with Crippen LogP contribution in [0.4, 0.5) is 8.78 Å². The Morgan fingerprint density at radius 2 is 2.24 bits per heavy atom. The summed E-state index contributed by atoms with van der Waals surface area (Å²) >= 11 is 0.959. The van der Waals surface area contributed by atoms with E-state index < -0.39 is 11.6 Å². The van der Waals surface area contributed by atoms with Crippen molar-refractivity contribution in [1.82, 2.24) is 5.32 Å². The predicted octanol–water partition coefficient (Wildman–Crippen LogP) is 1.82. The van der Waals surface area contributed by atoms with Gasteiger partial charge in [-0.05, 0) is 18.2 Å². The number of hydrogen-bond donors (Lipinski definition) is 1. The van der Waals surface area contributed by atoms with Gasteiger partial charge in [-0.1, -0.05) is 0 Å². The smallest absolute Gasteiger partial charge is 0.230 e. The highest BCUT2D eigenvalue weighted by Crippen LogP contribution is 2.22. The summed E-state index contributed by atoms with van der Waals surface area (Å²) in [4.78, 5) is 11.4. The fraction of sp³-hybridized carbons (Fsp3) is 0.364. The molecular weight excluding hydrogens is 248 g/mol. The lowest BCUT2D eigenvalue weighted by molar-refractivity contribution is -0.118. The molecule has 0 radical (unpaired) electrons. The Balaban J connectivity index is 2.39. The Labute approximate surface area is 103 Å². The second-order valence-electron chi connectivity index (χ2n) is 3.21. The number of halogens is 2. The molecule has 94 valence electrons. The second kappa shape index (κ2) is 7.24. The first-order valence-electron chi connectivity index (χ1n) is 4.97. The lowest BCUT2D eigenvalue weighted by Crippen LogP contribution is -2.28. The van der Waals surface area contributed by atoms with Gasteiger partial charge in [0.15, 0.2) is 0 Å². The van der Waals surface area contributed by atoms with Crippen LogP contribution in [-0.2, 0) is 9.53 Å². The molecule has 0 atom stereocenters. The van der Waals surface area contributed by atoms with Crippen LogP contribution in [0.5, 0.6) is 0 Å². The summed E-state index contributed by atoms with van der Waals surface area (Å²) in [7, 11) is 1.53. The van der Waals surface area contributed by atoms with Gasteiger partial charge >= 0.3 is 0 Å². The normalized spacial score (nSPS) is 10.3. The van der Waals surface area contributed by atoms with Gasteiger partial charge in [-0.3, -0.25) is 4.79 Å². The van der Waals surface area contributed by atoms with E-state index in [-0.39, 0.29) is 16.6 Å². The number of hydrogen-bond acceptors (Lipinski definition) is 3. The van der Waals surface area contributed by atoms with Crippen molar-refractivity contribution in [2.45, 2.75) is 4.90 Å². The molecule has 1 aromatic carbocycles. The Hall–Kier alpha value is -1.14. The summed E-state index contributed by atoms with van der Waals surface area (Å²) in [6.07, 6.45) is 0. The molecular formula is C11H13F2NO2S. The van der Waals surface area contributed by atoms with Crippen molar-refractivity contribution < 1.29 is 18.3 Å². The number of nitrogens with one attached hydrogen (secondary N) is 1. The second-order valence-corrected chi connectivity index (χ2v) is 4.22. The van der Waals surface area contributed by atoms with Crippen LogP contribution >= 0.6 is 11.8 Å². The lowest BCUT2D eigenvalue weighted by Gasteiger charge is -2.05. The summed E-state index contributed by atoms with van der Waals surface area (Å²) < 4.78 is 30.8. The van der Waals surface area contributed by atoms with Gasteiger partial charge in [0.05, 0.1) is 12.4 Å². The summed E-state index contributed by atoms with van der Waals surface area (Å²) in [5.74, 6) is -1.24. The van der Waals surface area contributed by atoms with E-state index in [9.17, 15) is 13.6 Å². The Kier molecular flexibility index (Phi) is 5.93. The van der Waals surface area contributed by atoms with E-state index in [0.29, 0.717) is 13.2 Å². The lowest BCUT2D eigenvalue weighted by atomic mass is 10.3. The first-order chi connectivity index (χ1) is 8.13. The maximum absolute atomic E-state index is 13.2. The van der Waals surface area contributed by atoms with E-state index >= 15 is 0 Å². The van der Waals surface area contributed by atoms with Gasteiger partial charge in [-0.15, -0.1) is 11.8 Å². The number of carbonyl (C=O) groups is 1. The fourth-order valence-corrected chi connectivity index (χ4v) is 1.87. The van der Waals surface area contributed by atoms with Crippen LogP contribution < -0.4 is 5.32 Å². The minimum Gasteiger partial charge on any atom is -0.383 e. The molecule has 1 aromatic rings. The van der Waals surface area contributed by atoms with Gasteiger partial charge in [-0.2, -0.15) is 0 Å². The highest BCUT2D eigenvalue weighted by atomic mass is 32.2. The number of ether oxygens (including phenoxy) is 1. The minimum absolute atomic E-state index is 0.0457. The molecule has 0 saturated heterocycles. The summed E-state index contributed by atoms with van der Waals surface area (Å²) in [5, 5.41) is 2.59. The summed E-state index contributed by atoms with van der Waals surface area (Å²) in [6.45, 7) is 0.826. The third-order valence-corrected chi connectivity index (χ3v) is 2.91. The molecule has 0 spiro atoms. The van der Waals surface area contributed by atoms with Crippen molar-refractivity contribution in [3.8, 4) is 0 Å². The van der Waals surface area contributed by atoms with Gasteiger partial charge in [0.2, 0.25) is 5.91 Å². The topological polar surface area (TPSA) is 38.3 Å². The van der Waals surface area contributed by atoms with Crippen LogP contribution in [0.2, 0.25) is 0 Å². The van der Waals surface area contributed by atoms with E-state index in [4.69, 9.17) is 4.74 Å². The number of rotatable bonds is 6. The van der Waals surface area contributed by atoms with Crippen molar-refractivity contribution in [2.75, 3.05) is 26.0 Å². The predicted molar refractivity (Wildman–Crippen MR) is 62.0 cm³/mol. The van der Waals surface area contributed by atoms with E-state index in [1.54, 1.807) is 0 Å². The molecule has 0 aliphatic rings. The quantitative estimate of drug-likeness (QED) is 0.627. The average Bonchev–Trinajstić information content (AvgIpc) is 2.31. The molecule has 0 saturated carbocycles. The molecule has 0 heterocycles. The standard InChI is InChI=1S/C11H13F2NO2S/c1-16-5-4-14-11(15)7-17-10-6-8(12)2-3-9(10)13/h2-3,6H,4-5,7H2,1H3,(H,14,15). The van der Waals surface area contributed by atoms with E-state index in [2.05, 4.69) is 5.32 Å². The highest BCUT2D eigenvalue weighted by molar-refractivity contribution is 8.00. The maximum Gasteiger partial charge on any atom is 0.230 e. The molecule has 6 heteroatoms. The molecule has 0 fully saturated rings. The monoisotopic (exact) mass is 261 g/mol. The van der Waals surface area contributed by atoms with Crippen molar-refractivity contribution >= 4 is 17.7 Å². The van der Waals surface area contributed by atoms with E-state index in [0.717, 1.165) is 30.0 Å². The Morgan fingerprint density at radius 3 is 2.94 bits per heavy atom. The Morgan fingerprint density at radius 1 is 1.47 bits per heavy atom. The minimum atomic E-state index is -0.527. The first-order valence-corrected chi connectivity index (χ1v) is 5.95. The van der Waals surface area contributed by atoms with E-state index in [1.165, 1.54) is 7.11 Å². The zero-order chi connectivity index (χ0) is 12.7. The van der Waals surface area contributed by atoms with Crippen LogP contribution in [0, 0.1) is 11.6 Å². The van der Waals surface area contributed by atoms with Gasteiger partial charge in [0, 0.05) is 18.6 Å². The maximum atomic E-state index is 13.2. The van der Waals surface area contributed by atoms with Crippen molar-refractivity contribution in [3.05, 3.63) is 29.8 Å². The third kappa shape index (κ3) is 5.14. The van der Waals surface area contributed by atoms with Gasteiger partial charge in [0.1, 0.15) is 11.6 Å². The van der Waals surface area contributed by atoms with Crippen LogP contribution in [0.1, 0.15) is 0 Å². The van der Waals surface area contributed by atoms with Crippen molar-refractivity contribution in [1.29, 1.82) is 0 Å². The zero-order valence-corrected chi connectivity index (χ0v) is 10.2. The first kappa shape index (κ1) is 13.9. The number of amides is 1. The number of thioether (sulfide) groups is 1. The van der Waals surface area contributed by atoms with Crippen LogP contribution in [0.25, 0.3) is 0 Å². The Bertz CT molecular complexity index is 388. The molecule has 0 aromatic heterocycles. The number of benzene rings is 1. The fourth-order valence-electron chi connectivity index (χ4n) is 1.07. The van der Waals surface area contributed by atoms with Gasteiger partial charge in [0.25, 0.3) is 0 Å². The largest absolute Gasteiger partial charge is 0.383 e. The molecule has 0 bridgehead atoms. The van der Waals surface area contributed by atoms with Crippen molar-refractivity contribution in [2.24, 2.45) is 0 Å². The average molecular weight is 261 g/mol. The molecule has 1 amide bonds. The molecule has 0 aliphatic carbocycles. The zero-order valence-electron chi connectivity index (χ0n) is 9.33. The third-order valence-electron chi connectivity index (χ3n) is 1.88. The van der Waals surface area contributed by atoms with E-state index in [1.807, 2.05) is 0 Å². The van der Waals surface area contributed by atoms with Gasteiger partial charge in [-0.25, -0.2) is 8.78 Å². The molecule has 0 aliphatic heterocycles. The number of carbonyl (C=O) groups excluding carboxylic acids is 1. The summed E-state index contributed by atoms with van der Waals surface area (Å²) in [6, 6.07) is 3.15. The van der Waals surface area contributed by atoms with Crippen LogP contribution in [0.15, 0.2) is 23.1 Å². The molecule has 1 rings (SSSR count). The molecule has 3 nitrogen and oxygen atoms in total. The number of methoxy groups -OCH3 is 1. The van der Waals surface area contributed by atoms with Gasteiger partial charge < -0.3 is 10.1 Å².